The van der Waals surface area contributed by atoms with Gasteiger partial charge in [-0.3, -0.25) is 0 Å². The van der Waals surface area contributed by atoms with Crippen molar-refractivity contribution in [1.82, 2.24) is 0 Å². The fourth-order valence-electron chi connectivity index (χ4n) is 1.91. The lowest BCUT2D eigenvalue weighted by Gasteiger charge is -2.23. The van der Waals surface area contributed by atoms with Crippen LogP contribution in [0.25, 0.3) is 0 Å². The third kappa shape index (κ3) is 10.5. The highest BCUT2D eigenvalue weighted by Gasteiger charge is 2.14. The molecule has 0 saturated carbocycles. The van der Waals surface area contributed by atoms with Gasteiger partial charge in [-0.15, -0.1) is 0 Å². The molecule has 0 spiro atoms. The first-order valence-corrected chi connectivity index (χ1v) is 7.47. The average Bonchev–Trinajstić information content (AvgIpc) is 2.28. The van der Waals surface area contributed by atoms with Crippen LogP contribution in [-0.4, -0.2) is 0 Å². The summed E-state index contributed by atoms with van der Waals surface area (Å²) in [7, 11) is 0. The topological polar surface area (TPSA) is 0 Å². The van der Waals surface area contributed by atoms with Gasteiger partial charge in [-0.1, -0.05) is 74.7 Å². The molecule has 0 radical (unpaired) electrons. The zero-order valence-corrected chi connectivity index (χ0v) is 13.1. The van der Waals surface area contributed by atoms with Crippen LogP contribution in [0.5, 0.6) is 0 Å². The highest BCUT2D eigenvalue weighted by atomic mass is 14.2. The molecule has 0 aromatic carbocycles. The molecule has 0 heterocycles. The van der Waals surface area contributed by atoms with Gasteiger partial charge < -0.3 is 0 Å². The third-order valence-electron chi connectivity index (χ3n) is 3.64. The molecule has 100 valence electrons. The van der Waals surface area contributed by atoms with Crippen LogP contribution < -0.4 is 0 Å². The molecule has 3 atom stereocenters. The van der Waals surface area contributed by atoms with E-state index in [2.05, 4.69) is 41.5 Å². The van der Waals surface area contributed by atoms with E-state index in [0.29, 0.717) is 0 Å². The Morgan fingerprint density at radius 2 is 1.25 bits per heavy atom. The largest absolute Gasteiger partial charge is 0.0683 e. The van der Waals surface area contributed by atoms with E-state index in [1.165, 1.54) is 25.7 Å². The van der Waals surface area contributed by atoms with Gasteiger partial charge in [0.1, 0.15) is 0 Å². The molecule has 0 fully saturated rings. The second kappa shape index (κ2) is 11.5. The molecule has 0 amide bonds. The van der Waals surface area contributed by atoms with Crippen LogP contribution in [-0.2, 0) is 0 Å². The predicted molar refractivity (Wildman–Crippen MR) is 77.8 cm³/mol. The maximum absolute atomic E-state index is 2.43. The van der Waals surface area contributed by atoms with E-state index >= 15 is 0 Å². The molecule has 0 heteroatoms. The Bertz CT molecular complexity index is 126. The van der Waals surface area contributed by atoms with E-state index in [9.17, 15) is 0 Å². The monoisotopic (exact) mass is 228 g/mol. The van der Waals surface area contributed by atoms with Crippen LogP contribution >= 0.6 is 0 Å². The molecular formula is C16H36. The summed E-state index contributed by atoms with van der Waals surface area (Å²) in [5, 5.41) is 0. The zero-order valence-electron chi connectivity index (χ0n) is 13.1. The molecular weight excluding hydrogens is 192 g/mol. The minimum absolute atomic E-state index is 0.869. The standard InChI is InChI=1S/C14H30.C2H6/c1-7-12(4)10-14(6)13(5)9-8-11(2)3;1-2/h11-14H,7-10H2,1-6H3;1-2H3. The Balaban J connectivity index is 0. The summed E-state index contributed by atoms with van der Waals surface area (Å²) in [6.45, 7) is 18.2. The predicted octanol–water partition coefficient (Wildman–Crippen LogP) is 6.16. The van der Waals surface area contributed by atoms with E-state index in [0.717, 1.165) is 23.7 Å². The second-order valence-corrected chi connectivity index (χ2v) is 5.67. The molecule has 0 rings (SSSR count). The lowest BCUT2D eigenvalue weighted by molar-refractivity contribution is 0.282. The van der Waals surface area contributed by atoms with Crippen molar-refractivity contribution in [2.45, 2.75) is 81.1 Å². The first-order chi connectivity index (χ1) is 7.47. The molecule has 0 aliphatic rings. The lowest BCUT2D eigenvalue weighted by Crippen LogP contribution is -2.12. The molecule has 0 aromatic rings. The van der Waals surface area contributed by atoms with Gasteiger partial charge in [0.25, 0.3) is 0 Å². The minimum atomic E-state index is 0.869. The number of hydrogen-bond donors (Lipinski definition) is 0. The maximum Gasteiger partial charge on any atom is -0.0414 e. The summed E-state index contributed by atoms with van der Waals surface area (Å²) in [6, 6.07) is 0. The van der Waals surface area contributed by atoms with Crippen LogP contribution in [0.1, 0.15) is 81.1 Å². The van der Waals surface area contributed by atoms with Crippen LogP contribution in [0.2, 0.25) is 0 Å². The third-order valence-corrected chi connectivity index (χ3v) is 3.64. The van der Waals surface area contributed by atoms with Crippen molar-refractivity contribution in [3.8, 4) is 0 Å². The summed E-state index contributed by atoms with van der Waals surface area (Å²) in [6.07, 6.45) is 5.55. The van der Waals surface area contributed by atoms with Crippen LogP contribution in [0.4, 0.5) is 0 Å². The van der Waals surface area contributed by atoms with Crippen molar-refractivity contribution in [3.63, 3.8) is 0 Å². The van der Waals surface area contributed by atoms with E-state index < -0.39 is 0 Å². The second-order valence-electron chi connectivity index (χ2n) is 5.67. The summed E-state index contributed by atoms with van der Waals surface area (Å²) < 4.78 is 0. The van der Waals surface area contributed by atoms with E-state index in [1.54, 1.807) is 0 Å². The van der Waals surface area contributed by atoms with Gasteiger partial charge >= 0.3 is 0 Å². The highest BCUT2D eigenvalue weighted by Crippen LogP contribution is 2.26. The molecule has 0 aromatic heterocycles. The summed E-state index contributed by atoms with van der Waals surface area (Å²) >= 11 is 0. The van der Waals surface area contributed by atoms with E-state index in [-0.39, 0.29) is 0 Å². The van der Waals surface area contributed by atoms with E-state index in [1.807, 2.05) is 13.8 Å². The summed E-state index contributed by atoms with van der Waals surface area (Å²) in [5.41, 5.74) is 0. The molecule has 0 saturated heterocycles. The Morgan fingerprint density at radius 1 is 0.750 bits per heavy atom. The van der Waals surface area contributed by atoms with Crippen molar-refractivity contribution in [1.29, 1.82) is 0 Å². The quantitative estimate of drug-likeness (QED) is 0.489. The molecule has 3 unspecified atom stereocenters. The van der Waals surface area contributed by atoms with Crippen molar-refractivity contribution < 1.29 is 0 Å². The summed E-state index contributed by atoms with van der Waals surface area (Å²) in [5.74, 6) is 3.59. The summed E-state index contributed by atoms with van der Waals surface area (Å²) in [4.78, 5) is 0. The number of rotatable bonds is 7. The van der Waals surface area contributed by atoms with Gasteiger partial charge in [0, 0.05) is 0 Å². The van der Waals surface area contributed by atoms with Crippen molar-refractivity contribution in [2.24, 2.45) is 23.7 Å². The van der Waals surface area contributed by atoms with Crippen LogP contribution in [0, 0.1) is 23.7 Å². The SMILES string of the molecule is CC.CCC(C)CC(C)C(C)CCC(C)C. The van der Waals surface area contributed by atoms with E-state index in [4.69, 9.17) is 0 Å². The van der Waals surface area contributed by atoms with Crippen molar-refractivity contribution in [2.75, 3.05) is 0 Å². The molecule has 16 heavy (non-hydrogen) atoms. The normalized spacial score (nSPS) is 16.3. The van der Waals surface area contributed by atoms with Gasteiger partial charge in [-0.25, -0.2) is 0 Å². The molecule has 0 aliphatic carbocycles. The Labute approximate surface area is 105 Å². The molecule has 0 nitrogen and oxygen atoms in total. The minimum Gasteiger partial charge on any atom is -0.0683 e. The Hall–Kier alpha value is 0. The first kappa shape index (κ1) is 18.4. The average molecular weight is 228 g/mol. The lowest BCUT2D eigenvalue weighted by atomic mass is 9.83. The number of hydrogen-bond acceptors (Lipinski definition) is 0. The van der Waals surface area contributed by atoms with Crippen molar-refractivity contribution in [3.05, 3.63) is 0 Å². The van der Waals surface area contributed by atoms with Gasteiger partial charge in [0.05, 0.1) is 0 Å². The Kier molecular flexibility index (Phi) is 13.2. The smallest absolute Gasteiger partial charge is 0.0414 e. The molecule has 0 N–H and O–H groups in total. The maximum atomic E-state index is 2.43. The molecule has 0 bridgehead atoms. The van der Waals surface area contributed by atoms with Gasteiger partial charge in [0.2, 0.25) is 0 Å². The van der Waals surface area contributed by atoms with Gasteiger partial charge in [-0.05, 0) is 30.1 Å². The zero-order chi connectivity index (χ0) is 13.1. The fourth-order valence-corrected chi connectivity index (χ4v) is 1.91. The van der Waals surface area contributed by atoms with Gasteiger partial charge in [-0.2, -0.15) is 0 Å². The highest BCUT2D eigenvalue weighted by molar-refractivity contribution is 4.65. The fraction of sp³-hybridized carbons (Fsp3) is 1.00. The van der Waals surface area contributed by atoms with Crippen molar-refractivity contribution >= 4 is 0 Å². The van der Waals surface area contributed by atoms with Crippen LogP contribution in [0.15, 0.2) is 0 Å². The van der Waals surface area contributed by atoms with Gasteiger partial charge in [0.15, 0.2) is 0 Å². The van der Waals surface area contributed by atoms with Crippen LogP contribution in [0.3, 0.4) is 0 Å². The molecule has 0 aliphatic heterocycles. The Morgan fingerprint density at radius 3 is 1.62 bits per heavy atom. The first-order valence-electron chi connectivity index (χ1n) is 7.47.